The largest absolute Gasteiger partial charge is 0.489 e. The molecule has 0 saturated heterocycles. The highest BCUT2D eigenvalue weighted by atomic mass is 35.5. The molecule has 0 aliphatic rings. The maximum absolute atomic E-state index is 6.15. The van der Waals surface area contributed by atoms with Crippen LogP contribution in [-0.2, 0) is 13.2 Å². The van der Waals surface area contributed by atoms with Gasteiger partial charge in [-0.3, -0.25) is 0 Å². The number of halogens is 4. The van der Waals surface area contributed by atoms with Gasteiger partial charge in [0.15, 0.2) is 0 Å². The molecule has 0 fully saturated rings. The fourth-order valence-corrected chi connectivity index (χ4v) is 2.89. The third kappa shape index (κ3) is 9.38. The van der Waals surface area contributed by atoms with Gasteiger partial charge in [-0.25, -0.2) is 0 Å². The van der Waals surface area contributed by atoms with E-state index in [0.29, 0.717) is 6.61 Å². The van der Waals surface area contributed by atoms with Crippen LogP contribution in [0.3, 0.4) is 0 Å². The Morgan fingerprint density at radius 2 is 1.56 bits per heavy atom. The fraction of sp³-hybridized carbons (Fsp3) is 0.400. The van der Waals surface area contributed by atoms with Crippen LogP contribution in [0.1, 0.15) is 25.0 Å². The van der Waals surface area contributed by atoms with Crippen LogP contribution in [0.2, 0.25) is 10.0 Å². The Hall–Kier alpha value is -0.680. The van der Waals surface area contributed by atoms with Crippen LogP contribution in [-0.4, -0.2) is 31.1 Å². The Labute approximate surface area is 185 Å². The minimum atomic E-state index is 0. The van der Waals surface area contributed by atoms with Gasteiger partial charge in [-0.05, 0) is 49.0 Å². The SMILES string of the molecule is CCN(CC)CCNCc1cc(Cl)ccc1OCc1ccc(Cl)cc1.Cl.Cl. The van der Waals surface area contributed by atoms with Gasteiger partial charge in [-0.1, -0.05) is 49.2 Å². The summed E-state index contributed by atoms with van der Waals surface area (Å²) in [6, 6.07) is 13.4. The number of ether oxygens (including phenoxy) is 1. The molecule has 2 aromatic carbocycles. The van der Waals surface area contributed by atoms with Gasteiger partial charge in [0.05, 0.1) is 0 Å². The molecule has 0 spiro atoms. The molecule has 0 aliphatic heterocycles. The smallest absolute Gasteiger partial charge is 0.124 e. The summed E-state index contributed by atoms with van der Waals surface area (Å²) in [5.41, 5.74) is 2.15. The summed E-state index contributed by atoms with van der Waals surface area (Å²) in [6.07, 6.45) is 0. The minimum Gasteiger partial charge on any atom is -0.489 e. The van der Waals surface area contributed by atoms with Gasteiger partial charge >= 0.3 is 0 Å². The van der Waals surface area contributed by atoms with Crippen molar-refractivity contribution in [3.63, 3.8) is 0 Å². The molecule has 1 N–H and O–H groups in total. The van der Waals surface area contributed by atoms with Crippen LogP contribution < -0.4 is 10.1 Å². The van der Waals surface area contributed by atoms with Gasteiger partial charge in [0.2, 0.25) is 0 Å². The maximum atomic E-state index is 6.15. The second-order valence-electron chi connectivity index (χ2n) is 5.87. The maximum Gasteiger partial charge on any atom is 0.124 e. The Morgan fingerprint density at radius 1 is 0.926 bits per heavy atom. The molecule has 7 heteroatoms. The first-order valence-electron chi connectivity index (χ1n) is 8.71. The van der Waals surface area contributed by atoms with E-state index in [1.165, 1.54) is 0 Å². The van der Waals surface area contributed by atoms with E-state index < -0.39 is 0 Å². The molecule has 0 atom stereocenters. The van der Waals surface area contributed by atoms with E-state index in [2.05, 4.69) is 24.1 Å². The van der Waals surface area contributed by atoms with E-state index >= 15 is 0 Å². The minimum absolute atomic E-state index is 0. The van der Waals surface area contributed by atoms with Gasteiger partial charge in [-0.2, -0.15) is 0 Å². The number of nitrogens with one attached hydrogen (secondary N) is 1. The Morgan fingerprint density at radius 3 is 2.19 bits per heavy atom. The first-order chi connectivity index (χ1) is 12.1. The van der Waals surface area contributed by atoms with Crippen LogP contribution in [0, 0.1) is 0 Å². The first-order valence-corrected chi connectivity index (χ1v) is 9.46. The van der Waals surface area contributed by atoms with Crippen LogP contribution in [0.4, 0.5) is 0 Å². The summed E-state index contributed by atoms with van der Waals surface area (Å²) in [5.74, 6) is 0.856. The lowest BCUT2D eigenvalue weighted by molar-refractivity contribution is 0.296. The molecule has 27 heavy (non-hydrogen) atoms. The molecule has 0 unspecified atom stereocenters. The van der Waals surface area contributed by atoms with E-state index in [9.17, 15) is 0 Å². The van der Waals surface area contributed by atoms with Crippen molar-refractivity contribution in [2.24, 2.45) is 0 Å². The van der Waals surface area contributed by atoms with E-state index in [1.54, 1.807) is 0 Å². The molecule has 152 valence electrons. The molecule has 2 rings (SSSR count). The van der Waals surface area contributed by atoms with Crippen LogP contribution in [0.15, 0.2) is 42.5 Å². The van der Waals surface area contributed by atoms with Crippen LogP contribution in [0.25, 0.3) is 0 Å². The molecule has 0 aromatic heterocycles. The van der Waals surface area contributed by atoms with Crippen molar-refractivity contribution in [2.45, 2.75) is 27.0 Å². The average molecular weight is 454 g/mol. The molecule has 0 radical (unpaired) electrons. The molecule has 2 aromatic rings. The van der Waals surface area contributed by atoms with Crippen molar-refractivity contribution in [1.29, 1.82) is 0 Å². The Bertz CT molecular complexity index is 649. The van der Waals surface area contributed by atoms with E-state index in [4.69, 9.17) is 27.9 Å². The van der Waals surface area contributed by atoms with E-state index in [1.807, 2.05) is 42.5 Å². The summed E-state index contributed by atoms with van der Waals surface area (Å²) in [4.78, 5) is 2.39. The van der Waals surface area contributed by atoms with Crippen molar-refractivity contribution in [3.8, 4) is 5.75 Å². The molecule has 0 saturated carbocycles. The molecular formula is C20H28Cl4N2O. The van der Waals surface area contributed by atoms with Crippen molar-refractivity contribution < 1.29 is 4.74 Å². The Kier molecular flexibility index (Phi) is 14.0. The zero-order valence-corrected chi connectivity index (χ0v) is 18.9. The van der Waals surface area contributed by atoms with Gasteiger partial charge < -0.3 is 15.0 Å². The highest BCUT2D eigenvalue weighted by Crippen LogP contribution is 2.24. The van der Waals surface area contributed by atoms with E-state index in [0.717, 1.165) is 59.6 Å². The standard InChI is InChI=1S/C20H26Cl2N2O.2ClH/c1-3-24(4-2)12-11-23-14-17-13-19(22)9-10-20(17)25-15-16-5-7-18(21)8-6-16;;/h5-10,13,23H,3-4,11-12,14-15H2,1-2H3;2*1H. The number of likely N-dealkylation sites (N-methyl/N-ethyl adjacent to an activating group) is 1. The predicted molar refractivity (Wildman–Crippen MR) is 121 cm³/mol. The van der Waals surface area contributed by atoms with Crippen LogP contribution >= 0.6 is 48.0 Å². The lowest BCUT2D eigenvalue weighted by atomic mass is 10.2. The van der Waals surface area contributed by atoms with E-state index in [-0.39, 0.29) is 24.8 Å². The van der Waals surface area contributed by atoms with Crippen molar-refractivity contribution in [1.82, 2.24) is 10.2 Å². The van der Waals surface area contributed by atoms with Gasteiger partial charge in [0.25, 0.3) is 0 Å². The zero-order valence-electron chi connectivity index (χ0n) is 15.7. The third-order valence-electron chi connectivity index (χ3n) is 4.14. The van der Waals surface area contributed by atoms with Gasteiger partial charge in [-0.15, -0.1) is 24.8 Å². The molecule has 0 amide bonds. The Balaban J connectivity index is 0.00000338. The normalized spacial score (nSPS) is 10.3. The number of rotatable bonds is 10. The lowest BCUT2D eigenvalue weighted by Crippen LogP contribution is -2.31. The number of hydrogen-bond donors (Lipinski definition) is 1. The van der Waals surface area contributed by atoms with Gasteiger partial charge in [0, 0.05) is 35.2 Å². The topological polar surface area (TPSA) is 24.5 Å². The summed E-state index contributed by atoms with van der Waals surface area (Å²) in [5, 5.41) is 4.93. The highest BCUT2D eigenvalue weighted by Gasteiger charge is 2.06. The summed E-state index contributed by atoms with van der Waals surface area (Å²) in [6.45, 7) is 9.73. The van der Waals surface area contributed by atoms with Crippen molar-refractivity contribution in [2.75, 3.05) is 26.2 Å². The van der Waals surface area contributed by atoms with Crippen LogP contribution in [0.5, 0.6) is 5.75 Å². The number of hydrogen-bond acceptors (Lipinski definition) is 3. The monoisotopic (exact) mass is 452 g/mol. The quantitative estimate of drug-likeness (QED) is 0.456. The third-order valence-corrected chi connectivity index (χ3v) is 4.63. The summed E-state index contributed by atoms with van der Waals surface area (Å²) < 4.78 is 5.99. The number of nitrogens with zero attached hydrogens (tertiary/aromatic N) is 1. The number of benzene rings is 2. The zero-order chi connectivity index (χ0) is 18.1. The second kappa shape index (κ2) is 14.3. The molecule has 0 bridgehead atoms. The average Bonchev–Trinajstić information content (AvgIpc) is 2.62. The second-order valence-corrected chi connectivity index (χ2v) is 6.74. The first kappa shape index (κ1) is 26.3. The molecule has 3 nitrogen and oxygen atoms in total. The predicted octanol–water partition coefficient (Wildman–Crippen LogP) is 5.85. The summed E-state index contributed by atoms with van der Waals surface area (Å²) >= 11 is 12.1. The molecule has 0 heterocycles. The molecular weight excluding hydrogens is 426 g/mol. The fourth-order valence-electron chi connectivity index (χ4n) is 2.57. The lowest BCUT2D eigenvalue weighted by Gasteiger charge is -2.18. The summed E-state index contributed by atoms with van der Waals surface area (Å²) in [7, 11) is 0. The van der Waals surface area contributed by atoms with Gasteiger partial charge in [0.1, 0.15) is 12.4 Å². The van der Waals surface area contributed by atoms with Crippen molar-refractivity contribution in [3.05, 3.63) is 63.6 Å². The van der Waals surface area contributed by atoms with Crippen molar-refractivity contribution >= 4 is 48.0 Å². The molecule has 0 aliphatic carbocycles. The highest BCUT2D eigenvalue weighted by molar-refractivity contribution is 6.30.